The Kier molecular flexibility index (Phi) is 6.11. The average molecular weight is 421 g/mol. The Morgan fingerprint density at radius 3 is 2.67 bits per heavy atom. The van der Waals surface area contributed by atoms with Crippen LogP contribution in [0.15, 0.2) is 61.1 Å². The highest BCUT2D eigenvalue weighted by molar-refractivity contribution is 7.80. The van der Waals surface area contributed by atoms with Crippen LogP contribution in [0.3, 0.4) is 0 Å². The molecule has 1 aliphatic rings. The van der Waals surface area contributed by atoms with Crippen LogP contribution in [0.25, 0.3) is 5.69 Å². The van der Waals surface area contributed by atoms with E-state index in [1.165, 1.54) is 11.4 Å². The number of aryl methyl sites for hydroxylation is 1. The van der Waals surface area contributed by atoms with Crippen LogP contribution in [-0.4, -0.2) is 56.6 Å². The van der Waals surface area contributed by atoms with Crippen LogP contribution in [0.2, 0.25) is 0 Å². The Bertz CT molecular complexity index is 985. The molecule has 7 heteroatoms. The first-order chi connectivity index (χ1) is 14.6. The highest BCUT2D eigenvalue weighted by atomic mass is 32.1. The van der Waals surface area contributed by atoms with Gasteiger partial charge in [-0.25, -0.2) is 0 Å². The number of aromatic nitrogens is 3. The van der Waals surface area contributed by atoms with Crippen molar-refractivity contribution in [3.63, 3.8) is 0 Å². The second kappa shape index (κ2) is 8.93. The molecule has 1 N–H and O–H groups in total. The standard InChI is InChI=1S/C23H28N6S/c1-17-10-11-20(29(17)18-8-6-12-24-16-18)22-21(19-9-4-5-13-25-19)26-23(30)28(22)15-7-14-27(2)3/h4-6,8-13,16,21-22H,7,14-15H2,1-3H3,(H,26,30)/t21-,22+/m1/s1. The first-order valence-corrected chi connectivity index (χ1v) is 10.7. The van der Waals surface area contributed by atoms with Crippen LogP contribution in [-0.2, 0) is 0 Å². The van der Waals surface area contributed by atoms with E-state index in [9.17, 15) is 0 Å². The van der Waals surface area contributed by atoms with E-state index in [1.54, 1.807) is 6.20 Å². The number of rotatable bonds is 7. The van der Waals surface area contributed by atoms with E-state index in [0.717, 1.165) is 36.0 Å². The molecule has 0 amide bonds. The van der Waals surface area contributed by atoms with Gasteiger partial charge in [0.2, 0.25) is 0 Å². The molecule has 0 unspecified atom stereocenters. The van der Waals surface area contributed by atoms with Gasteiger partial charge in [-0.1, -0.05) is 6.07 Å². The predicted octanol–water partition coefficient (Wildman–Crippen LogP) is 3.50. The van der Waals surface area contributed by atoms with Gasteiger partial charge in [0.1, 0.15) is 0 Å². The molecule has 0 saturated carbocycles. The number of nitrogens with zero attached hydrogens (tertiary/aromatic N) is 5. The molecule has 156 valence electrons. The maximum atomic E-state index is 5.79. The number of thiocarbonyl (C=S) groups is 1. The van der Waals surface area contributed by atoms with Gasteiger partial charge in [0.25, 0.3) is 0 Å². The normalized spacial score (nSPS) is 18.8. The molecule has 3 aromatic heterocycles. The summed E-state index contributed by atoms with van der Waals surface area (Å²) in [5.74, 6) is 0. The van der Waals surface area contributed by atoms with Crippen molar-refractivity contribution < 1.29 is 0 Å². The molecule has 1 fully saturated rings. The van der Waals surface area contributed by atoms with Crippen LogP contribution in [0.4, 0.5) is 0 Å². The molecule has 0 bridgehead atoms. The third kappa shape index (κ3) is 4.08. The van der Waals surface area contributed by atoms with E-state index in [0.29, 0.717) is 0 Å². The maximum absolute atomic E-state index is 5.79. The van der Waals surface area contributed by atoms with E-state index < -0.39 is 0 Å². The first-order valence-electron chi connectivity index (χ1n) is 10.3. The minimum Gasteiger partial charge on any atom is -0.352 e. The summed E-state index contributed by atoms with van der Waals surface area (Å²) in [6.07, 6.45) is 6.59. The Balaban J connectivity index is 1.77. The van der Waals surface area contributed by atoms with Gasteiger partial charge in [-0.2, -0.15) is 0 Å². The van der Waals surface area contributed by atoms with Crippen molar-refractivity contribution in [1.29, 1.82) is 0 Å². The van der Waals surface area contributed by atoms with Gasteiger partial charge in [0.05, 0.1) is 29.7 Å². The molecule has 0 aliphatic carbocycles. The van der Waals surface area contributed by atoms with Crippen molar-refractivity contribution in [2.24, 2.45) is 0 Å². The summed E-state index contributed by atoms with van der Waals surface area (Å²) < 4.78 is 2.28. The Labute approximate surface area is 183 Å². The summed E-state index contributed by atoms with van der Waals surface area (Å²) in [5, 5.41) is 4.33. The van der Waals surface area contributed by atoms with Crippen LogP contribution < -0.4 is 5.32 Å². The fourth-order valence-corrected chi connectivity index (χ4v) is 4.49. The van der Waals surface area contributed by atoms with Gasteiger partial charge in [-0.05, 0) is 82.6 Å². The van der Waals surface area contributed by atoms with E-state index in [2.05, 4.69) is 74.9 Å². The first kappa shape index (κ1) is 20.5. The lowest BCUT2D eigenvalue weighted by Crippen LogP contribution is -2.33. The smallest absolute Gasteiger partial charge is 0.170 e. The molecule has 1 aliphatic heterocycles. The van der Waals surface area contributed by atoms with Crippen molar-refractivity contribution >= 4 is 17.3 Å². The lowest BCUT2D eigenvalue weighted by Gasteiger charge is -2.29. The zero-order valence-corrected chi connectivity index (χ0v) is 18.5. The van der Waals surface area contributed by atoms with Gasteiger partial charge in [-0.3, -0.25) is 9.97 Å². The van der Waals surface area contributed by atoms with Crippen molar-refractivity contribution in [3.8, 4) is 5.69 Å². The SMILES string of the molecule is Cc1ccc([C@H]2[C@@H](c3ccccn3)NC(=S)N2CCCN(C)C)n1-c1cccnc1. The summed E-state index contributed by atoms with van der Waals surface area (Å²) in [6.45, 7) is 4.03. The molecule has 30 heavy (non-hydrogen) atoms. The fraction of sp³-hybridized carbons (Fsp3) is 0.348. The van der Waals surface area contributed by atoms with Crippen molar-refractivity contribution in [2.75, 3.05) is 27.2 Å². The quantitative estimate of drug-likeness (QED) is 0.591. The molecule has 6 nitrogen and oxygen atoms in total. The number of hydrogen-bond acceptors (Lipinski definition) is 4. The number of pyridine rings is 2. The molecule has 0 radical (unpaired) electrons. The van der Waals surface area contributed by atoms with E-state index in [4.69, 9.17) is 12.2 Å². The minimum atomic E-state index is -0.0113. The summed E-state index contributed by atoms with van der Waals surface area (Å²) in [6, 6.07) is 14.5. The maximum Gasteiger partial charge on any atom is 0.170 e. The van der Waals surface area contributed by atoms with Crippen molar-refractivity contribution in [1.82, 2.24) is 29.7 Å². The zero-order chi connectivity index (χ0) is 21.1. The van der Waals surface area contributed by atoms with Gasteiger partial charge in [0, 0.05) is 30.3 Å². The molecular weight excluding hydrogens is 392 g/mol. The fourth-order valence-electron chi connectivity index (χ4n) is 4.15. The number of hydrogen-bond donors (Lipinski definition) is 1. The molecule has 1 saturated heterocycles. The highest BCUT2D eigenvalue weighted by Crippen LogP contribution is 2.40. The van der Waals surface area contributed by atoms with Crippen LogP contribution >= 0.6 is 12.2 Å². The number of nitrogens with one attached hydrogen (secondary N) is 1. The van der Waals surface area contributed by atoms with Gasteiger partial charge < -0.3 is 19.7 Å². The predicted molar refractivity (Wildman–Crippen MR) is 124 cm³/mol. The topological polar surface area (TPSA) is 49.2 Å². The molecule has 0 aromatic carbocycles. The zero-order valence-electron chi connectivity index (χ0n) is 17.7. The Morgan fingerprint density at radius 2 is 1.97 bits per heavy atom. The molecule has 0 spiro atoms. The second-order valence-corrected chi connectivity index (χ2v) is 8.31. The molecule has 3 aromatic rings. The summed E-state index contributed by atoms with van der Waals surface area (Å²) in [4.78, 5) is 13.5. The highest BCUT2D eigenvalue weighted by Gasteiger charge is 2.41. The summed E-state index contributed by atoms with van der Waals surface area (Å²) >= 11 is 5.79. The Morgan fingerprint density at radius 1 is 1.10 bits per heavy atom. The largest absolute Gasteiger partial charge is 0.352 e. The average Bonchev–Trinajstić information content (AvgIpc) is 3.29. The van der Waals surface area contributed by atoms with Gasteiger partial charge in [-0.15, -0.1) is 0 Å². The van der Waals surface area contributed by atoms with Crippen molar-refractivity contribution in [2.45, 2.75) is 25.4 Å². The van der Waals surface area contributed by atoms with Gasteiger partial charge in [0.15, 0.2) is 5.11 Å². The van der Waals surface area contributed by atoms with Crippen LogP contribution in [0, 0.1) is 6.92 Å². The van der Waals surface area contributed by atoms with E-state index in [-0.39, 0.29) is 12.1 Å². The van der Waals surface area contributed by atoms with E-state index >= 15 is 0 Å². The van der Waals surface area contributed by atoms with E-state index in [1.807, 2.05) is 30.6 Å². The molecular formula is C23H28N6S. The Hall–Kier alpha value is -2.77. The second-order valence-electron chi connectivity index (χ2n) is 7.92. The third-order valence-corrected chi connectivity index (χ3v) is 5.87. The lowest BCUT2D eigenvalue weighted by molar-refractivity contribution is 0.286. The minimum absolute atomic E-state index is 0.0113. The van der Waals surface area contributed by atoms with Crippen LogP contribution in [0.5, 0.6) is 0 Å². The summed E-state index contributed by atoms with van der Waals surface area (Å²) in [5.41, 5.74) is 4.41. The monoisotopic (exact) mass is 420 g/mol. The third-order valence-electron chi connectivity index (χ3n) is 5.52. The van der Waals surface area contributed by atoms with Crippen molar-refractivity contribution in [3.05, 3.63) is 78.1 Å². The molecule has 2 atom stereocenters. The van der Waals surface area contributed by atoms with Gasteiger partial charge >= 0.3 is 0 Å². The lowest BCUT2D eigenvalue weighted by atomic mass is 10.0. The molecule has 4 heterocycles. The van der Waals surface area contributed by atoms with Crippen LogP contribution in [0.1, 0.15) is 35.6 Å². The molecule has 4 rings (SSSR count). The summed E-state index contributed by atoms with van der Waals surface area (Å²) in [7, 11) is 4.21.